The van der Waals surface area contributed by atoms with Gasteiger partial charge >= 0.3 is 6.03 Å². The molecular weight excluding hydrogens is 310 g/mol. The summed E-state index contributed by atoms with van der Waals surface area (Å²) in [5, 5.41) is 8.99. The van der Waals surface area contributed by atoms with Gasteiger partial charge in [-0.1, -0.05) is 20.8 Å². The molecule has 0 unspecified atom stereocenters. The maximum atomic E-state index is 13.2. The lowest BCUT2D eigenvalue weighted by atomic mass is 9.75. The van der Waals surface area contributed by atoms with Crippen molar-refractivity contribution in [3.8, 4) is 6.07 Å². The Labute approximate surface area is 152 Å². The molecule has 1 aliphatic heterocycles. The quantitative estimate of drug-likeness (QED) is 0.718. The second kappa shape index (κ2) is 7.07. The molecular formula is C21H31N3O. The maximum absolute atomic E-state index is 13.2. The van der Waals surface area contributed by atoms with Crippen LogP contribution in [0, 0.1) is 22.7 Å². The summed E-state index contributed by atoms with van der Waals surface area (Å²) in [4.78, 5) is 17.1. The van der Waals surface area contributed by atoms with E-state index in [0.29, 0.717) is 16.9 Å². The molecule has 1 aliphatic rings. The van der Waals surface area contributed by atoms with Crippen molar-refractivity contribution in [2.24, 2.45) is 11.3 Å². The minimum absolute atomic E-state index is 0.0598. The largest absolute Gasteiger partial charge is 0.324 e. The molecule has 2 rings (SSSR count). The lowest BCUT2D eigenvalue weighted by Crippen LogP contribution is -2.54. The molecule has 25 heavy (non-hydrogen) atoms. The molecule has 1 aromatic rings. The molecule has 0 bridgehead atoms. The van der Waals surface area contributed by atoms with Gasteiger partial charge in [0.25, 0.3) is 0 Å². The summed E-state index contributed by atoms with van der Waals surface area (Å²) in [6.07, 6.45) is 2.11. The number of amides is 2. The van der Waals surface area contributed by atoms with E-state index in [9.17, 15) is 4.79 Å². The van der Waals surface area contributed by atoms with Crippen molar-refractivity contribution in [3.63, 3.8) is 0 Å². The van der Waals surface area contributed by atoms with E-state index in [2.05, 4.69) is 26.8 Å². The molecule has 0 spiro atoms. The van der Waals surface area contributed by atoms with Gasteiger partial charge in [-0.25, -0.2) is 4.79 Å². The second-order valence-electron chi connectivity index (χ2n) is 9.07. The summed E-state index contributed by atoms with van der Waals surface area (Å²) in [5.41, 5.74) is 1.42. The van der Waals surface area contributed by atoms with Gasteiger partial charge in [-0.3, -0.25) is 4.90 Å². The Morgan fingerprint density at radius 3 is 2.00 bits per heavy atom. The van der Waals surface area contributed by atoms with E-state index in [0.717, 1.165) is 31.6 Å². The number of carbonyl (C=O) groups is 1. The van der Waals surface area contributed by atoms with E-state index in [-0.39, 0.29) is 11.6 Å². The molecule has 1 heterocycles. The van der Waals surface area contributed by atoms with Crippen LogP contribution in [-0.4, -0.2) is 29.6 Å². The SMILES string of the molecule is CC(C)(C)C1CCN(C(=O)N(c2ccc(C#N)cc2)C(C)(C)C)CC1. The Balaban J connectivity index is 2.19. The third kappa shape index (κ3) is 4.54. The number of carbonyl (C=O) groups excluding carboxylic acids is 1. The van der Waals surface area contributed by atoms with Crippen LogP contribution in [0.25, 0.3) is 0 Å². The topological polar surface area (TPSA) is 47.3 Å². The fraction of sp³-hybridized carbons (Fsp3) is 0.619. The number of nitriles is 1. The molecule has 0 atom stereocenters. The van der Waals surface area contributed by atoms with Crippen molar-refractivity contribution in [1.82, 2.24) is 4.90 Å². The van der Waals surface area contributed by atoms with Crippen LogP contribution in [0.4, 0.5) is 10.5 Å². The van der Waals surface area contributed by atoms with E-state index in [1.54, 1.807) is 12.1 Å². The van der Waals surface area contributed by atoms with Gasteiger partial charge in [-0.15, -0.1) is 0 Å². The Bertz CT molecular complexity index is 636. The highest BCUT2D eigenvalue weighted by Gasteiger charge is 2.35. The predicted molar refractivity (Wildman–Crippen MR) is 103 cm³/mol. The van der Waals surface area contributed by atoms with Gasteiger partial charge in [-0.2, -0.15) is 5.26 Å². The molecule has 2 amide bonds. The fourth-order valence-corrected chi connectivity index (χ4v) is 3.55. The van der Waals surface area contributed by atoms with Gasteiger partial charge in [0.05, 0.1) is 11.6 Å². The van der Waals surface area contributed by atoms with Crippen molar-refractivity contribution in [2.45, 2.75) is 59.9 Å². The summed E-state index contributed by atoms with van der Waals surface area (Å²) >= 11 is 0. The molecule has 0 aromatic heterocycles. The molecule has 1 saturated heterocycles. The molecule has 1 fully saturated rings. The maximum Gasteiger partial charge on any atom is 0.324 e. The monoisotopic (exact) mass is 341 g/mol. The number of rotatable bonds is 1. The lowest BCUT2D eigenvalue weighted by molar-refractivity contribution is 0.123. The van der Waals surface area contributed by atoms with E-state index in [1.165, 1.54) is 0 Å². The van der Waals surface area contributed by atoms with Gasteiger partial charge < -0.3 is 4.90 Å². The number of likely N-dealkylation sites (tertiary alicyclic amines) is 1. The number of nitrogens with zero attached hydrogens (tertiary/aromatic N) is 3. The van der Waals surface area contributed by atoms with Crippen LogP contribution in [0.2, 0.25) is 0 Å². The van der Waals surface area contributed by atoms with Gasteiger partial charge in [0.15, 0.2) is 0 Å². The second-order valence-corrected chi connectivity index (χ2v) is 9.07. The van der Waals surface area contributed by atoms with Gasteiger partial charge in [-0.05, 0) is 69.2 Å². The summed E-state index contributed by atoms with van der Waals surface area (Å²) in [5.74, 6) is 0.662. The number of urea groups is 1. The Morgan fingerprint density at radius 1 is 1.08 bits per heavy atom. The molecule has 4 heteroatoms. The normalized spacial score (nSPS) is 16.4. The van der Waals surface area contributed by atoms with Crippen LogP contribution < -0.4 is 4.90 Å². The van der Waals surface area contributed by atoms with Gasteiger partial charge in [0.1, 0.15) is 0 Å². The average Bonchev–Trinajstić information content (AvgIpc) is 2.53. The number of benzene rings is 1. The number of hydrogen-bond donors (Lipinski definition) is 0. The molecule has 0 radical (unpaired) electrons. The first-order valence-corrected chi connectivity index (χ1v) is 9.13. The number of hydrogen-bond acceptors (Lipinski definition) is 2. The van der Waals surface area contributed by atoms with E-state index < -0.39 is 0 Å². The third-order valence-corrected chi connectivity index (χ3v) is 5.11. The Hall–Kier alpha value is -2.02. The minimum Gasteiger partial charge on any atom is -0.324 e. The first-order valence-electron chi connectivity index (χ1n) is 9.13. The Kier molecular flexibility index (Phi) is 5.46. The van der Waals surface area contributed by atoms with Crippen molar-refractivity contribution < 1.29 is 4.79 Å². The molecule has 0 aliphatic carbocycles. The number of anilines is 1. The van der Waals surface area contributed by atoms with Gasteiger partial charge in [0, 0.05) is 24.3 Å². The molecule has 0 saturated carbocycles. The average molecular weight is 341 g/mol. The van der Waals surface area contributed by atoms with Crippen LogP contribution in [-0.2, 0) is 0 Å². The predicted octanol–water partition coefficient (Wildman–Crippen LogP) is 5.04. The molecule has 0 N–H and O–H groups in total. The fourth-order valence-electron chi connectivity index (χ4n) is 3.55. The molecule has 4 nitrogen and oxygen atoms in total. The number of piperidine rings is 1. The van der Waals surface area contributed by atoms with Crippen molar-refractivity contribution in [3.05, 3.63) is 29.8 Å². The van der Waals surface area contributed by atoms with E-state index in [1.807, 2.05) is 42.7 Å². The van der Waals surface area contributed by atoms with Crippen LogP contribution in [0.3, 0.4) is 0 Å². The standard InChI is InChI=1S/C21H31N3O/c1-20(2,3)17-11-13-23(14-12-17)19(25)24(21(4,5)6)18-9-7-16(15-22)8-10-18/h7-10,17H,11-14H2,1-6H3. The smallest absolute Gasteiger partial charge is 0.324 e. The van der Waals surface area contributed by atoms with Gasteiger partial charge in [0.2, 0.25) is 0 Å². The van der Waals surface area contributed by atoms with Crippen LogP contribution >= 0.6 is 0 Å². The highest BCUT2D eigenvalue weighted by molar-refractivity contribution is 5.93. The minimum atomic E-state index is -0.327. The van der Waals surface area contributed by atoms with Crippen LogP contribution in [0.1, 0.15) is 59.9 Å². The lowest BCUT2D eigenvalue weighted by Gasteiger charge is -2.43. The highest BCUT2D eigenvalue weighted by atomic mass is 16.2. The van der Waals surface area contributed by atoms with Crippen molar-refractivity contribution in [1.29, 1.82) is 5.26 Å². The summed E-state index contributed by atoms with van der Waals surface area (Å²) < 4.78 is 0. The van der Waals surface area contributed by atoms with Crippen molar-refractivity contribution in [2.75, 3.05) is 18.0 Å². The van der Waals surface area contributed by atoms with Crippen LogP contribution in [0.15, 0.2) is 24.3 Å². The summed E-state index contributed by atoms with van der Waals surface area (Å²) in [7, 11) is 0. The zero-order chi connectivity index (χ0) is 18.8. The van der Waals surface area contributed by atoms with E-state index in [4.69, 9.17) is 5.26 Å². The third-order valence-electron chi connectivity index (χ3n) is 5.11. The zero-order valence-corrected chi connectivity index (χ0v) is 16.5. The summed E-state index contributed by atoms with van der Waals surface area (Å²) in [6.45, 7) is 14.6. The Morgan fingerprint density at radius 2 is 1.60 bits per heavy atom. The van der Waals surface area contributed by atoms with Crippen molar-refractivity contribution >= 4 is 11.7 Å². The van der Waals surface area contributed by atoms with E-state index >= 15 is 0 Å². The highest BCUT2D eigenvalue weighted by Crippen LogP contribution is 2.35. The zero-order valence-electron chi connectivity index (χ0n) is 16.5. The molecule has 136 valence electrons. The molecule has 1 aromatic carbocycles. The summed E-state index contributed by atoms with van der Waals surface area (Å²) in [6, 6.07) is 9.46. The van der Waals surface area contributed by atoms with Crippen LogP contribution in [0.5, 0.6) is 0 Å². The first kappa shape index (κ1) is 19.3. The first-order chi connectivity index (χ1) is 11.5.